The van der Waals surface area contributed by atoms with Gasteiger partial charge in [0.1, 0.15) is 11.5 Å². The largest absolute Gasteiger partial charge is 0.468 e. The number of aliphatic hydroxyl groups excluding tert-OH is 1. The van der Waals surface area contributed by atoms with Gasteiger partial charge < -0.3 is 24.1 Å². The third-order valence-corrected chi connectivity index (χ3v) is 2.09. The first-order chi connectivity index (χ1) is 8.31. The van der Waals surface area contributed by atoms with Crippen LogP contribution >= 0.6 is 0 Å². The van der Waals surface area contributed by atoms with Gasteiger partial charge in [-0.15, -0.1) is 0 Å². The van der Waals surface area contributed by atoms with Crippen LogP contribution < -0.4 is 9.47 Å². The average Bonchev–Trinajstić information content (AvgIpc) is 2.35. The SMILES string of the molecule is COCOc1ccc(OCOC)c(CCO)c1. The molecule has 0 bridgehead atoms. The van der Waals surface area contributed by atoms with Crippen LogP contribution in [0.3, 0.4) is 0 Å². The molecule has 0 amide bonds. The summed E-state index contributed by atoms with van der Waals surface area (Å²) in [5.41, 5.74) is 0.873. The van der Waals surface area contributed by atoms with E-state index in [0.717, 1.165) is 5.56 Å². The Bertz CT molecular complexity index is 327. The minimum atomic E-state index is 0.0527. The van der Waals surface area contributed by atoms with E-state index < -0.39 is 0 Å². The fraction of sp³-hybridized carbons (Fsp3) is 0.500. The number of hydrogen-bond acceptors (Lipinski definition) is 5. The number of ether oxygens (including phenoxy) is 4. The first-order valence-corrected chi connectivity index (χ1v) is 5.29. The van der Waals surface area contributed by atoms with E-state index in [0.29, 0.717) is 17.9 Å². The highest BCUT2D eigenvalue weighted by Crippen LogP contribution is 2.24. The van der Waals surface area contributed by atoms with E-state index in [-0.39, 0.29) is 20.2 Å². The van der Waals surface area contributed by atoms with Gasteiger partial charge in [0.05, 0.1) is 0 Å². The van der Waals surface area contributed by atoms with Gasteiger partial charge in [-0.1, -0.05) is 0 Å². The summed E-state index contributed by atoms with van der Waals surface area (Å²) in [6, 6.07) is 5.39. The second-order valence-corrected chi connectivity index (χ2v) is 3.34. The fourth-order valence-electron chi connectivity index (χ4n) is 1.35. The summed E-state index contributed by atoms with van der Waals surface area (Å²) in [5.74, 6) is 1.37. The van der Waals surface area contributed by atoms with Crippen molar-refractivity contribution >= 4 is 0 Å². The maximum Gasteiger partial charge on any atom is 0.188 e. The maximum absolute atomic E-state index is 8.98. The Morgan fingerprint density at radius 3 is 2.41 bits per heavy atom. The topological polar surface area (TPSA) is 57.2 Å². The van der Waals surface area contributed by atoms with Crippen LogP contribution in [-0.2, 0) is 15.9 Å². The normalized spacial score (nSPS) is 10.3. The van der Waals surface area contributed by atoms with Crippen molar-refractivity contribution in [3.63, 3.8) is 0 Å². The summed E-state index contributed by atoms with van der Waals surface area (Å²) in [7, 11) is 3.12. The Labute approximate surface area is 101 Å². The van der Waals surface area contributed by atoms with Crippen molar-refractivity contribution in [3.05, 3.63) is 23.8 Å². The molecule has 0 heterocycles. The lowest BCUT2D eigenvalue weighted by Gasteiger charge is -2.12. The smallest absolute Gasteiger partial charge is 0.188 e. The standard InChI is InChI=1S/C12H18O5/c1-14-8-16-11-3-4-12(17-9-15-2)10(7-11)5-6-13/h3-4,7,13H,5-6,8-9H2,1-2H3. The summed E-state index contributed by atoms with van der Waals surface area (Å²) in [6.07, 6.45) is 0.503. The summed E-state index contributed by atoms with van der Waals surface area (Å²) in [5, 5.41) is 8.98. The third-order valence-electron chi connectivity index (χ3n) is 2.09. The summed E-state index contributed by atoms with van der Waals surface area (Å²) >= 11 is 0. The zero-order valence-corrected chi connectivity index (χ0v) is 10.1. The minimum Gasteiger partial charge on any atom is -0.468 e. The molecule has 0 saturated carbocycles. The molecule has 96 valence electrons. The van der Waals surface area contributed by atoms with Crippen LogP contribution in [0.4, 0.5) is 0 Å². The van der Waals surface area contributed by atoms with Gasteiger partial charge in [0.25, 0.3) is 0 Å². The van der Waals surface area contributed by atoms with Crippen molar-refractivity contribution in [1.29, 1.82) is 0 Å². The molecule has 1 aromatic carbocycles. The molecule has 0 radical (unpaired) electrons. The minimum absolute atomic E-state index is 0.0527. The van der Waals surface area contributed by atoms with Crippen molar-refractivity contribution in [1.82, 2.24) is 0 Å². The molecule has 0 aliphatic rings. The predicted octanol–water partition coefficient (Wildman–Crippen LogP) is 1.19. The molecule has 1 N–H and O–H groups in total. The van der Waals surface area contributed by atoms with Gasteiger partial charge in [0.15, 0.2) is 13.6 Å². The van der Waals surface area contributed by atoms with E-state index in [1.807, 2.05) is 6.07 Å². The molecule has 0 unspecified atom stereocenters. The first kappa shape index (κ1) is 13.8. The van der Waals surface area contributed by atoms with Crippen molar-refractivity contribution in [2.45, 2.75) is 6.42 Å². The van der Waals surface area contributed by atoms with Crippen molar-refractivity contribution in [2.75, 3.05) is 34.4 Å². The lowest BCUT2D eigenvalue weighted by Crippen LogP contribution is -2.04. The van der Waals surface area contributed by atoms with Crippen LogP contribution in [0.2, 0.25) is 0 Å². The molecule has 0 aliphatic carbocycles. The summed E-state index contributed by atoms with van der Waals surface area (Å²) in [6.45, 7) is 0.421. The zero-order valence-electron chi connectivity index (χ0n) is 10.1. The van der Waals surface area contributed by atoms with Crippen molar-refractivity contribution < 1.29 is 24.1 Å². The molecular weight excluding hydrogens is 224 g/mol. The lowest BCUT2D eigenvalue weighted by molar-refractivity contribution is 0.0476. The average molecular weight is 242 g/mol. The van der Waals surface area contributed by atoms with E-state index in [9.17, 15) is 0 Å². The van der Waals surface area contributed by atoms with Gasteiger partial charge in [-0.3, -0.25) is 0 Å². The van der Waals surface area contributed by atoms with Gasteiger partial charge in [0.2, 0.25) is 0 Å². The highest BCUT2D eigenvalue weighted by Gasteiger charge is 2.06. The van der Waals surface area contributed by atoms with Crippen LogP contribution in [0.25, 0.3) is 0 Å². The number of benzene rings is 1. The Morgan fingerprint density at radius 1 is 1.06 bits per heavy atom. The fourth-order valence-corrected chi connectivity index (χ4v) is 1.35. The van der Waals surface area contributed by atoms with E-state index in [2.05, 4.69) is 0 Å². The van der Waals surface area contributed by atoms with Crippen molar-refractivity contribution in [2.24, 2.45) is 0 Å². The second kappa shape index (κ2) is 7.89. The van der Waals surface area contributed by atoms with Crippen molar-refractivity contribution in [3.8, 4) is 11.5 Å². The predicted molar refractivity (Wildman–Crippen MR) is 62.2 cm³/mol. The summed E-state index contributed by atoms with van der Waals surface area (Å²) < 4.78 is 20.3. The Hall–Kier alpha value is -1.30. The molecule has 0 aromatic heterocycles. The van der Waals surface area contributed by atoms with Crippen LogP contribution in [0.5, 0.6) is 11.5 Å². The number of rotatable bonds is 8. The Kier molecular flexibility index (Phi) is 6.39. The molecule has 5 heteroatoms. The van der Waals surface area contributed by atoms with Gasteiger partial charge in [-0.2, -0.15) is 0 Å². The summed E-state index contributed by atoms with van der Waals surface area (Å²) in [4.78, 5) is 0. The number of hydrogen-bond donors (Lipinski definition) is 1. The highest BCUT2D eigenvalue weighted by atomic mass is 16.7. The molecule has 5 nitrogen and oxygen atoms in total. The van der Waals surface area contributed by atoms with E-state index >= 15 is 0 Å². The molecule has 0 fully saturated rings. The highest BCUT2D eigenvalue weighted by molar-refractivity contribution is 5.40. The lowest BCUT2D eigenvalue weighted by atomic mass is 10.1. The van der Waals surface area contributed by atoms with Crippen LogP contribution in [0.15, 0.2) is 18.2 Å². The zero-order chi connectivity index (χ0) is 12.5. The van der Waals surface area contributed by atoms with Crippen LogP contribution in [0, 0.1) is 0 Å². The van der Waals surface area contributed by atoms with E-state index in [1.165, 1.54) is 0 Å². The number of aliphatic hydroxyl groups is 1. The van der Waals surface area contributed by atoms with Gasteiger partial charge in [0, 0.05) is 26.4 Å². The molecule has 1 rings (SSSR count). The van der Waals surface area contributed by atoms with E-state index in [1.54, 1.807) is 26.4 Å². The van der Waals surface area contributed by atoms with Crippen LogP contribution in [-0.4, -0.2) is 39.5 Å². The van der Waals surface area contributed by atoms with Gasteiger partial charge in [-0.25, -0.2) is 0 Å². The Balaban J connectivity index is 2.75. The first-order valence-electron chi connectivity index (χ1n) is 5.29. The third kappa shape index (κ3) is 4.60. The quantitative estimate of drug-likeness (QED) is 0.694. The van der Waals surface area contributed by atoms with Gasteiger partial charge >= 0.3 is 0 Å². The maximum atomic E-state index is 8.98. The molecule has 17 heavy (non-hydrogen) atoms. The molecule has 0 aliphatic heterocycles. The molecular formula is C12H18O5. The molecule has 1 aromatic rings. The van der Waals surface area contributed by atoms with E-state index in [4.69, 9.17) is 24.1 Å². The van der Waals surface area contributed by atoms with Gasteiger partial charge in [-0.05, 0) is 24.6 Å². The molecule has 0 saturated heterocycles. The molecule has 0 atom stereocenters. The number of methoxy groups -OCH3 is 2. The monoisotopic (exact) mass is 242 g/mol. The second-order valence-electron chi connectivity index (χ2n) is 3.34. The Morgan fingerprint density at radius 2 is 1.76 bits per heavy atom. The van der Waals surface area contributed by atoms with Crippen LogP contribution in [0.1, 0.15) is 5.56 Å². The molecule has 0 spiro atoms.